The minimum absolute atomic E-state index is 0.165. The highest BCUT2D eigenvalue weighted by atomic mass is 32.2. The molecule has 0 aromatic heterocycles. The van der Waals surface area contributed by atoms with Crippen LogP contribution in [0.2, 0.25) is 0 Å². The van der Waals surface area contributed by atoms with E-state index in [-0.39, 0.29) is 18.3 Å². The molecule has 2 unspecified atom stereocenters. The number of hydrogen-bond donors (Lipinski definition) is 0. The molecule has 0 spiro atoms. The standard InChI is InChI=1S/C10H15F9N2OS2/c1-5-21(20(2)3)6(23-4)7(8(11,12)13,22-9(14,15)16)24-10(17,18)19/h6H,5H2,1-4H3. The second-order valence-electron chi connectivity index (χ2n) is 4.45. The van der Waals surface area contributed by atoms with E-state index in [1.807, 2.05) is 0 Å². The SMILES string of the molecule is CCN(C(SC)C(OC(F)(F)F)(SC(F)(F)F)C(F)(F)F)N(C)C. The maximum Gasteiger partial charge on any atom is 0.524 e. The Morgan fingerprint density at radius 2 is 1.42 bits per heavy atom. The minimum atomic E-state index is -5.97. The van der Waals surface area contributed by atoms with Gasteiger partial charge in [-0.3, -0.25) is 4.74 Å². The van der Waals surface area contributed by atoms with Gasteiger partial charge >= 0.3 is 18.0 Å². The van der Waals surface area contributed by atoms with Gasteiger partial charge in [-0.25, -0.2) is 10.0 Å². The van der Waals surface area contributed by atoms with Crippen LogP contribution in [0.15, 0.2) is 0 Å². The fraction of sp³-hybridized carbons (Fsp3) is 1.00. The molecule has 14 heteroatoms. The van der Waals surface area contributed by atoms with Gasteiger partial charge in [-0.05, 0) is 18.0 Å². The minimum Gasteiger partial charge on any atom is -0.261 e. The van der Waals surface area contributed by atoms with Crippen molar-refractivity contribution in [3.63, 3.8) is 0 Å². The number of hydrazine groups is 1. The smallest absolute Gasteiger partial charge is 0.261 e. The summed E-state index contributed by atoms with van der Waals surface area (Å²) < 4.78 is 119. The van der Waals surface area contributed by atoms with Crippen LogP contribution in [0.5, 0.6) is 0 Å². The molecule has 0 radical (unpaired) electrons. The number of rotatable bonds is 7. The summed E-state index contributed by atoms with van der Waals surface area (Å²) in [6.45, 7) is 1.01. The summed E-state index contributed by atoms with van der Waals surface area (Å²) >= 11 is -1.71. The number of halogens is 9. The van der Waals surface area contributed by atoms with Gasteiger partial charge in [0.1, 0.15) is 5.37 Å². The third-order valence-electron chi connectivity index (χ3n) is 2.59. The summed E-state index contributed by atoms with van der Waals surface area (Å²) in [5.74, 6) is 0. The Kier molecular flexibility index (Phi) is 8.08. The van der Waals surface area contributed by atoms with E-state index in [0.717, 1.165) is 11.3 Å². The van der Waals surface area contributed by atoms with Crippen LogP contribution in [0.25, 0.3) is 0 Å². The zero-order valence-electron chi connectivity index (χ0n) is 12.8. The summed E-state index contributed by atoms with van der Waals surface area (Å²) in [7, 11) is 2.39. The van der Waals surface area contributed by atoms with E-state index in [2.05, 4.69) is 4.74 Å². The molecule has 3 nitrogen and oxygen atoms in total. The number of thioether (sulfide) groups is 2. The van der Waals surface area contributed by atoms with E-state index < -0.39 is 40.1 Å². The molecule has 0 fully saturated rings. The van der Waals surface area contributed by atoms with Gasteiger partial charge in [0, 0.05) is 20.6 Å². The monoisotopic (exact) mass is 414 g/mol. The number of nitrogens with zero attached hydrogens (tertiary/aromatic N) is 2. The van der Waals surface area contributed by atoms with Gasteiger partial charge in [0.15, 0.2) is 0 Å². The van der Waals surface area contributed by atoms with Crippen molar-refractivity contribution in [1.29, 1.82) is 0 Å². The third kappa shape index (κ3) is 6.35. The van der Waals surface area contributed by atoms with Crippen molar-refractivity contribution in [2.45, 2.75) is 35.3 Å². The van der Waals surface area contributed by atoms with E-state index in [1.54, 1.807) is 0 Å². The zero-order chi connectivity index (χ0) is 19.6. The first kappa shape index (κ1) is 23.9. The van der Waals surface area contributed by atoms with Gasteiger partial charge in [-0.2, -0.15) is 26.3 Å². The normalized spacial score (nSPS) is 18.1. The Bertz CT molecular complexity index is 381. The molecule has 0 N–H and O–H groups in total. The van der Waals surface area contributed by atoms with E-state index in [4.69, 9.17) is 0 Å². The molecule has 0 bridgehead atoms. The Hall–Kier alpha value is -0.0500. The zero-order valence-corrected chi connectivity index (χ0v) is 14.4. The first-order valence-corrected chi connectivity index (χ1v) is 8.18. The van der Waals surface area contributed by atoms with Crippen LogP contribution in [0.3, 0.4) is 0 Å². The highest BCUT2D eigenvalue weighted by Gasteiger charge is 2.70. The molecule has 0 amide bonds. The molecule has 0 rings (SSSR count). The molecule has 146 valence electrons. The summed E-state index contributed by atoms with van der Waals surface area (Å²) in [4.78, 5) is -4.61. The lowest BCUT2D eigenvalue weighted by Gasteiger charge is -2.46. The van der Waals surface area contributed by atoms with Gasteiger partial charge in [0.25, 0.3) is 4.93 Å². The average Bonchev–Trinajstić information content (AvgIpc) is 2.28. The van der Waals surface area contributed by atoms with Crippen molar-refractivity contribution in [3.05, 3.63) is 0 Å². The fourth-order valence-corrected chi connectivity index (χ4v) is 4.18. The van der Waals surface area contributed by atoms with Crippen molar-refractivity contribution in [1.82, 2.24) is 10.0 Å². The topological polar surface area (TPSA) is 15.7 Å². The van der Waals surface area contributed by atoms with Gasteiger partial charge in [0.05, 0.1) is 0 Å². The molecule has 0 heterocycles. The largest absolute Gasteiger partial charge is 0.524 e. The van der Waals surface area contributed by atoms with E-state index in [0.29, 0.717) is 5.01 Å². The second kappa shape index (κ2) is 8.10. The van der Waals surface area contributed by atoms with Crippen LogP contribution in [0.1, 0.15) is 6.92 Å². The third-order valence-corrected chi connectivity index (χ3v) is 4.83. The molecule has 0 aliphatic carbocycles. The number of likely N-dealkylation sites (N-methyl/N-ethyl adjacent to an activating group) is 1. The summed E-state index contributed by atoms with van der Waals surface area (Å²) in [5.41, 5.74) is -5.62. The lowest BCUT2D eigenvalue weighted by atomic mass is 10.3. The van der Waals surface area contributed by atoms with Crippen molar-refractivity contribution in [3.8, 4) is 0 Å². The first-order chi connectivity index (χ1) is 10.5. The van der Waals surface area contributed by atoms with E-state index in [9.17, 15) is 39.5 Å². The van der Waals surface area contributed by atoms with Crippen molar-refractivity contribution >= 4 is 23.5 Å². The predicted octanol–water partition coefficient (Wildman–Crippen LogP) is 4.52. The van der Waals surface area contributed by atoms with Crippen molar-refractivity contribution < 1.29 is 44.3 Å². The van der Waals surface area contributed by atoms with Crippen LogP contribution in [0, 0.1) is 0 Å². The fourth-order valence-electron chi connectivity index (χ4n) is 1.85. The molecule has 2 atom stereocenters. The van der Waals surface area contributed by atoms with Crippen LogP contribution in [-0.2, 0) is 4.74 Å². The lowest BCUT2D eigenvalue weighted by molar-refractivity contribution is -0.397. The van der Waals surface area contributed by atoms with Gasteiger partial charge in [0.2, 0.25) is 0 Å². The Morgan fingerprint density at radius 3 is 1.62 bits per heavy atom. The molecule has 0 aromatic rings. The van der Waals surface area contributed by atoms with Gasteiger partial charge in [-0.1, -0.05) is 6.92 Å². The van der Waals surface area contributed by atoms with Gasteiger partial charge in [-0.15, -0.1) is 24.9 Å². The summed E-state index contributed by atoms with van der Waals surface area (Å²) in [6.07, 6.45) is -10.9. The highest BCUT2D eigenvalue weighted by molar-refractivity contribution is 8.04. The predicted molar refractivity (Wildman–Crippen MR) is 72.9 cm³/mol. The molecule has 24 heavy (non-hydrogen) atoms. The molecule has 0 aliphatic heterocycles. The number of ether oxygens (including phenoxy) is 1. The van der Waals surface area contributed by atoms with E-state index >= 15 is 0 Å². The van der Waals surface area contributed by atoms with Gasteiger partial charge < -0.3 is 0 Å². The molecule has 0 aromatic carbocycles. The number of alkyl halides is 9. The van der Waals surface area contributed by atoms with Crippen molar-refractivity contribution in [2.24, 2.45) is 0 Å². The lowest BCUT2D eigenvalue weighted by Crippen LogP contribution is -2.63. The number of hydrogen-bond acceptors (Lipinski definition) is 5. The maximum atomic E-state index is 13.4. The maximum absolute atomic E-state index is 13.4. The first-order valence-electron chi connectivity index (χ1n) is 6.08. The van der Waals surface area contributed by atoms with E-state index in [1.165, 1.54) is 21.0 Å². The molecular formula is C10H15F9N2OS2. The van der Waals surface area contributed by atoms with Crippen LogP contribution in [-0.4, -0.2) is 65.3 Å². The second-order valence-corrected chi connectivity index (χ2v) is 6.64. The Balaban J connectivity index is 6.40. The quantitative estimate of drug-likeness (QED) is 0.345. The van der Waals surface area contributed by atoms with Crippen LogP contribution < -0.4 is 0 Å². The molecule has 0 aliphatic rings. The Labute approximate surface area is 140 Å². The highest BCUT2D eigenvalue weighted by Crippen LogP contribution is 2.56. The van der Waals surface area contributed by atoms with Crippen LogP contribution in [0.4, 0.5) is 39.5 Å². The summed E-state index contributed by atoms with van der Waals surface area (Å²) in [6, 6.07) is 0. The summed E-state index contributed by atoms with van der Waals surface area (Å²) in [5, 5.41) is -0.688. The molecule has 0 saturated heterocycles. The van der Waals surface area contributed by atoms with Crippen LogP contribution >= 0.6 is 23.5 Å². The van der Waals surface area contributed by atoms with Crippen molar-refractivity contribution in [2.75, 3.05) is 26.9 Å². The Morgan fingerprint density at radius 1 is 0.958 bits per heavy atom. The molecule has 0 saturated carbocycles. The average molecular weight is 414 g/mol. The molecular weight excluding hydrogens is 399 g/mol.